The number of ether oxygens (including phenoxy) is 1. The van der Waals surface area contributed by atoms with E-state index in [1.165, 1.54) is 47.0 Å². The molecule has 5 heteroatoms. The third-order valence-electron chi connectivity index (χ3n) is 1.56. The zero-order valence-electron chi connectivity index (χ0n) is 10.2. The van der Waals surface area contributed by atoms with Crippen LogP contribution < -0.4 is 0 Å². The Morgan fingerprint density at radius 3 is 1.12 bits per heavy atom. The van der Waals surface area contributed by atoms with Crippen molar-refractivity contribution in [3.05, 3.63) is 47.9 Å². The first-order chi connectivity index (χ1) is 7.95. The average Bonchev–Trinajstić information content (AvgIpc) is 2.17. The smallest absolute Gasteiger partial charge is 0.168 e. The molecule has 0 heterocycles. The Balaban J connectivity index is 4.88. The molecule has 0 saturated heterocycles. The van der Waals surface area contributed by atoms with Crippen LogP contribution in [0.15, 0.2) is 47.9 Å². The molecule has 0 aliphatic heterocycles. The molecule has 0 aliphatic carbocycles. The van der Waals surface area contributed by atoms with E-state index >= 15 is 0 Å². The van der Waals surface area contributed by atoms with Crippen LogP contribution in [0, 0.1) is 0 Å². The van der Waals surface area contributed by atoms with Gasteiger partial charge in [-0.3, -0.25) is 0 Å². The monoisotopic (exact) mass is 306 g/mol. The van der Waals surface area contributed by atoms with E-state index in [0.29, 0.717) is 0 Å². The molecule has 0 N–H and O–H groups in total. The van der Waals surface area contributed by atoms with Crippen LogP contribution in [0.4, 0.5) is 0 Å². The zero-order valence-corrected chi connectivity index (χ0v) is 13.4. The summed E-state index contributed by atoms with van der Waals surface area (Å²) in [5.41, 5.74) is 0. The van der Waals surface area contributed by atoms with E-state index in [4.69, 9.17) is 4.74 Å². The van der Waals surface area contributed by atoms with Crippen molar-refractivity contribution in [1.29, 1.82) is 0 Å². The van der Waals surface area contributed by atoms with E-state index in [0.717, 1.165) is 0 Å². The molecule has 0 rings (SSSR count). The molecule has 96 valence electrons. The summed E-state index contributed by atoms with van der Waals surface area (Å²) >= 11 is 6.08. The molecular weight excluding hydrogens is 288 g/mol. The molecule has 0 spiro atoms. The molecule has 0 bridgehead atoms. The van der Waals surface area contributed by atoms with E-state index in [2.05, 4.69) is 26.3 Å². The normalized spacial score (nSPS) is 11.9. The van der Waals surface area contributed by atoms with Crippen LogP contribution in [0.3, 0.4) is 0 Å². The van der Waals surface area contributed by atoms with Crippen molar-refractivity contribution < 1.29 is 4.74 Å². The maximum absolute atomic E-state index is 6.15. The van der Waals surface area contributed by atoms with Crippen LogP contribution in [0.2, 0.25) is 0 Å². The van der Waals surface area contributed by atoms with Gasteiger partial charge in [0, 0.05) is 0 Å². The first-order valence-electron chi connectivity index (χ1n) is 4.80. The van der Waals surface area contributed by atoms with E-state index in [-0.39, 0.29) is 0 Å². The lowest BCUT2D eigenvalue weighted by Gasteiger charge is -2.36. The predicted molar refractivity (Wildman–Crippen MR) is 89.0 cm³/mol. The van der Waals surface area contributed by atoms with Gasteiger partial charge in [-0.25, -0.2) is 0 Å². The Morgan fingerprint density at radius 1 is 0.706 bits per heavy atom. The van der Waals surface area contributed by atoms with Crippen molar-refractivity contribution in [1.82, 2.24) is 0 Å². The molecule has 0 unspecified atom stereocenters. The van der Waals surface area contributed by atoms with Gasteiger partial charge in [0.1, 0.15) is 0 Å². The Morgan fingerprint density at radius 2 is 0.941 bits per heavy atom. The van der Waals surface area contributed by atoms with Crippen molar-refractivity contribution in [3.63, 3.8) is 0 Å². The van der Waals surface area contributed by atoms with Crippen molar-refractivity contribution in [2.24, 2.45) is 0 Å². The summed E-state index contributed by atoms with van der Waals surface area (Å²) in [5.74, 6) is 0. The van der Waals surface area contributed by atoms with Crippen LogP contribution >= 0.6 is 47.0 Å². The summed E-state index contributed by atoms with van der Waals surface area (Å²) in [7, 11) is 0. The second kappa shape index (κ2) is 8.43. The summed E-state index contributed by atoms with van der Waals surface area (Å²) in [6.07, 6.45) is 0. The minimum Gasteiger partial charge on any atom is -0.328 e. The first kappa shape index (κ1) is 17.3. The van der Waals surface area contributed by atoms with Crippen LogP contribution in [0.1, 0.15) is 13.8 Å². The summed E-state index contributed by atoms with van der Waals surface area (Å²) in [6, 6.07) is 0. The van der Waals surface area contributed by atoms with Gasteiger partial charge < -0.3 is 4.74 Å². The predicted octanol–water partition coefficient (Wildman–Crippen LogP) is 5.86. The molecule has 0 aromatic rings. The molecule has 0 radical (unpaired) electrons. The van der Waals surface area contributed by atoms with Gasteiger partial charge in [-0.2, -0.15) is 0 Å². The number of hydrogen-bond acceptors (Lipinski definition) is 5. The third kappa shape index (κ3) is 6.72. The lowest BCUT2D eigenvalue weighted by molar-refractivity contribution is 0.0717. The average molecular weight is 307 g/mol. The highest BCUT2D eigenvalue weighted by Gasteiger charge is 2.36. The second-order valence-corrected chi connectivity index (χ2v) is 8.87. The molecule has 1 nitrogen and oxygen atoms in total. The standard InChI is InChI=1S/C12H18OS4/c1-7-14-11(5,15-8-2)13-12(6,16-9-3)17-10-4/h7-10H,1-4H2,5-6H3. The van der Waals surface area contributed by atoms with Crippen molar-refractivity contribution in [2.75, 3.05) is 0 Å². The molecule has 0 amide bonds. The third-order valence-corrected chi connectivity index (χ3v) is 5.43. The lowest BCUT2D eigenvalue weighted by Crippen LogP contribution is -2.30. The van der Waals surface area contributed by atoms with Gasteiger partial charge in [0.15, 0.2) is 8.53 Å². The van der Waals surface area contributed by atoms with E-state index in [9.17, 15) is 0 Å². The molecular formula is C12H18OS4. The van der Waals surface area contributed by atoms with E-state index < -0.39 is 8.53 Å². The van der Waals surface area contributed by atoms with Gasteiger partial charge >= 0.3 is 0 Å². The highest BCUT2D eigenvalue weighted by molar-refractivity contribution is 8.21. The van der Waals surface area contributed by atoms with Gasteiger partial charge in [-0.15, -0.1) is 0 Å². The Bertz CT molecular complexity index is 240. The van der Waals surface area contributed by atoms with Crippen LogP contribution in [-0.4, -0.2) is 8.53 Å². The Labute approximate surface area is 122 Å². The van der Waals surface area contributed by atoms with E-state index in [1.54, 1.807) is 21.6 Å². The highest BCUT2D eigenvalue weighted by atomic mass is 32.2. The minimum absolute atomic E-state index is 0.454. The largest absolute Gasteiger partial charge is 0.328 e. The molecule has 0 saturated carbocycles. The van der Waals surface area contributed by atoms with Gasteiger partial charge in [0.2, 0.25) is 0 Å². The number of thioether (sulfide) groups is 4. The van der Waals surface area contributed by atoms with Gasteiger partial charge in [-0.1, -0.05) is 73.4 Å². The summed E-state index contributed by atoms with van der Waals surface area (Å²) in [4.78, 5) is 0. The van der Waals surface area contributed by atoms with Gasteiger partial charge in [-0.05, 0) is 35.5 Å². The van der Waals surface area contributed by atoms with Crippen LogP contribution in [0.25, 0.3) is 0 Å². The molecule has 0 atom stereocenters. The van der Waals surface area contributed by atoms with Crippen molar-refractivity contribution in [2.45, 2.75) is 22.4 Å². The molecule has 0 aromatic carbocycles. The summed E-state index contributed by atoms with van der Waals surface area (Å²) in [5, 5.41) is 7.09. The molecule has 0 aliphatic rings. The first-order valence-corrected chi connectivity index (χ1v) is 8.32. The van der Waals surface area contributed by atoms with Crippen molar-refractivity contribution in [3.8, 4) is 0 Å². The second-order valence-electron chi connectivity index (χ2n) is 2.96. The zero-order chi connectivity index (χ0) is 13.4. The topological polar surface area (TPSA) is 9.23 Å². The van der Waals surface area contributed by atoms with Crippen LogP contribution in [-0.2, 0) is 4.74 Å². The Kier molecular flexibility index (Phi) is 8.59. The Hall–Kier alpha value is 0.320. The molecule has 0 aromatic heterocycles. The molecule has 0 fully saturated rings. The number of rotatable bonds is 10. The maximum Gasteiger partial charge on any atom is 0.168 e. The van der Waals surface area contributed by atoms with Crippen LogP contribution in [0.5, 0.6) is 0 Å². The fourth-order valence-electron chi connectivity index (χ4n) is 1.09. The summed E-state index contributed by atoms with van der Waals surface area (Å²) < 4.78 is 5.25. The number of hydrogen-bond donors (Lipinski definition) is 0. The quantitative estimate of drug-likeness (QED) is 0.466. The maximum atomic E-state index is 6.15. The summed E-state index contributed by atoms with van der Waals surface area (Å²) in [6.45, 7) is 18.9. The SMILES string of the molecule is C=CSC(C)(OC(C)(SC=C)SC=C)SC=C. The highest BCUT2D eigenvalue weighted by Crippen LogP contribution is 2.49. The lowest BCUT2D eigenvalue weighted by atomic mass is 10.7. The minimum atomic E-state index is -0.454. The van der Waals surface area contributed by atoms with Crippen molar-refractivity contribution >= 4 is 47.0 Å². The fraction of sp³-hybridized carbons (Fsp3) is 0.333. The fourth-order valence-corrected chi connectivity index (χ4v) is 4.64. The molecule has 17 heavy (non-hydrogen) atoms. The van der Waals surface area contributed by atoms with E-state index in [1.807, 2.05) is 13.8 Å². The van der Waals surface area contributed by atoms with Gasteiger partial charge in [0.25, 0.3) is 0 Å². The van der Waals surface area contributed by atoms with Gasteiger partial charge in [0.05, 0.1) is 0 Å².